The van der Waals surface area contributed by atoms with E-state index < -0.39 is 5.97 Å². The summed E-state index contributed by atoms with van der Waals surface area (Å²) in [6, 6.07) is 12.8. The van der Waals surface area contributed by atoms with E-state index in [9.17, 15) is 9.90 Å². The van der Waals surface area contributed by atoms with Gasteiger partial charge in [0.1, 0.15) is 27.9 Å². The van der Waals surface area contributed by atoms with Crippen LogP contribution in [0.25, 0.3) is 16.3 Å². The predicted octanol–water partition coefficient (Wildman–Crippen LogP) is 7.01. The summed E-state index contributed by atoms with van der Waals surface area (Å²) in [5.74, 6) is -0.0665. The van der Waals surface area contributed by atoms with Crippen molar-refractivity contribution >= 4 is 40.5 Å². The van der Waals surface area contributed by atoms with Crippen molar-refractivity contribution in [1.29, 1.82) is 0 Å². The first-order valence-corrected chi connectivity index (χ1v) is 11.8. The van der Waals surface area contributed by atoms with E-state index in [-0.39, 0.29) is 17.4 Å². The third-order valence-electron chi connectivity index (χ3n) is 5.14. The average molecular weight is 502 g/mol. The summed E-state index contributed by atoms with van der Waals surface area (Å²) in [5.41, 5.74) is 3.87. The molecule has 0 aliphatic carbocycles. The molecule has 2 aromatic heterocycles. The lowest BCUT2D eigenvalue weighted by molar-refractivity contribution is 0.0701. The molecule has 0 radical (unpaired) electrons. The maximum Gasteiger partial charge on any atom is 0.347 e. The number of thiazole rings is 1. The number of benzene rings is 2. The maximum atomic E-state index is 11.3. The van der Waals surface area contributed by atoms with Gasteiger partial charge in [0.05, 0.1) is 27.6 Å². The SMILES string of the molecule is Cc1nc(-c2ccc(OCc3c(C(C)C)cnn3-c3c(Cl)cccc3Cl)cc2)sc1C(=O)O. The van der Waals surface area contributed by atoms with Crippen molar-refractivity contribution in [2.24, 2.45) is 0 Å². The molecule has 0 unspecified atom stereocenters. The number of carboxylic acid groups (broad SMARTS) is 1. The predicted molar refractivity (Wildman–Crippen MR) is 131 cm³/mol. The number of aromatic carboxylic acids is 1. The van der Waals surface area contributed by atoms with E-state index in [0.29, 0.717) is 32.2 Å². The molecule has 9 heteroatoms. The molecule has 0 atom stereocenters. The summed E-state index contributed by atoms with van der Waals surface area (Å²) in [6.45, 7) is 6.15. The summed E-state index contributed by atoms with van der Waals surface area (Å²) in [7, 11) is 0. The Morgan fingerprint density at radius 1 is 1.15 bits per heavy atom. The second kappa shape index (κ2) is 9.55. The van der Waals surface area contributed by atoms with E-state index in [1.807, 2.05) is 30.5 Å². The van der Waals surface area contributed by atoms with Crippen molar-refractivity contribution < 1.29 is 14.6 Å². The summed E-state index contributed by atoms with van der Waals surface area (Å²) in [5, 5.41) is 15.5. The molecule has 4 aromatic rings. The van der Waals surface area contributed by atoms with Crippen LogP contribution in [0.3, 0.4) is 0 Å². The van der Waals surface area contributed by atoms with E-state index in [1.165, 1.54) is 0 Å². The smallest absolute Gasteiger partial charge is 0.347 e. The third kappa shape index (κ3) is 4.76. The van der Waals surface area contributed by atoms with Crippen LogP contribution in [-0.2, 0) is 6.61 Å². The molecule has 0 amide bonds. The summed E-state index contributed by atoms with van der Waals surface area (Å²) >= 11 is 14.0. The maximum absolute atomic E-state index is 11.3. The van der Waals surface area contributed by atoms with E-state index in [2.05, 4.69) is 23.9 Å². The van der Waals surface area contributed by atoms with Crippen LogP contribution in [0.1, 0.15) is 46.4 Å². The number of nitrogens with zero attached hydrogens (tertiary/aromatic N) is 3. The fourth-order valence-corrected chi connectivity index (χ4v) is 4.93. The van der Waals surface area contributed by atoms with Crippen molar-refractivity contribution in [3.8, 4) is 22.0 Å². The van der Waals surface area contributed by atoms with Gasteiger partial charge in [-0.2, -0.15) is 5.10 Å². The van der Waals surface area contributed by atoms with Crippen LogP contribution in [0.15, 0.2) is 48.7 Å². The molecule has 0 aliphatic heterocycles. The number of hydrogen-bond donors (Lipinski definition) is 1. The molecular formula is C24H21Cl2N3O3S. The molecular weight excluding hydrogens is 481 g/mol. The standard InChI is InChI=1S/C24H21Cl2N3O3S/c1-13(2)17-11-27-29(21-18(25)5-4-6-19(21)26)20(17)12-32-16-9-7-15(8-10-16)23-28-14(3)22(33-23)24(30)31/h4-11,13H,12H2,1-3H3,(H,30,31). The van der Waals surface area contributed by atoms with Gasteiger partial charge >= 0.3 is 5.97 Å². The summed E-state index contributed by atoms with van der Waals surface area (Å²) < 4.78 is 7.82. The Labute approximate surface area is 205 Å². The van der Waals surface area contributed by atoms with Crippen molar-refractivity contribution in [3.63, 3.8) is 0 Å². The van der Waals surface area contributed by atoms with Crippen molar-refractivity contribution in [1.82, 2.24) is 14.8 Å². The first-order chi connectivity index (χ1) is 15.8. The molecule has 33 heavy (non-hydrogen) atoms. The van der Waals surface area contributed by atoms with Gasteiger partial charge in [0, 0.05) is 5.56 Å². The Balaban J connectivity index is 1.59. The highest BCUT2D eigenvalue weighted by Gasteiger charge is 2.19. The summed E-state index contributed by atoms with van der Waals surface area (Å²) in [6.07, 6.45) is 1.82. The summed E-state index contributed by atoms with van der Waals surface area (Å²) in [4.78, 5) is 15.9. The molecule has 0 bridgehead atoms. The lowest BCUT2D eigenvalue weighted by Crippen LogP contribution is -2.09. The van der Waals surface area contributed by atoms with Gasteiger partial charge in [-0.25, -0.2) is 14.5 Å². The monoisotopic (exact) mass is 501 g/mol. The number of ether oxygens (including phenoxy) is 1. The van der Waals surface area contributed by atoms with Gasteiger partial charge in [-0.05, 0) is 54.8 Å². The van der Waals surface area contributed by atoms with Gasteiger partial charge < -0.3 is 9.84 Å². The Kier molecular flexibility index (Phi) is 6.74. The quantitative estimate of drug-likeness (QED) is 0.294. The molecule has 2 heterocycles. The van der Waals surface area contributed by atoms with Crippen LogP contribution in [-0.4, -0.2) is 25.8 Å². The lowest BCUT2D eigenvalue weighted by Gasteiger charge is -2.15. The second-order valence-corrected chi connectivity index (χ2v) is 9.55. The number of hydrogen-bond acceptors (Lipinski definition) is 5. The topological polar surface area (TPSA) is 77.2 Å². The number of aryl methyl sites for hydroxylation is 1. The molecule has 0 aliphatic rings. The molecule has 1 N–H and O–H groups in total. The van der Waals surface area contributed by atoms with Gasteiger partial charge in [0.25, 0.3) is 0 Å². The van der Waals surface area contributed by atoms with Crippen LogP contribution in [0.4, 0.5) is 0 Å². The Morgan fingerprint density at radius 3 is 2.39 bits per heavy atom. The first-order valence-electron chi connectivity index (χ1n) is 10.2. The minimum Gasteiger partial charge on any atom is -0.487 e. The van der Waals surface area contributed by atoms with Crippen molar-refractivity contribution in [3.05, 3.63) is 80.5 Å². The Bertz CT molecular complexity index is 1290. The molecule has 2 aromatic carbocycles. The largest absolute Gasteiger partial charge is 0.487 e. The number of carbonyl (C=O) groups is 1. The molecule has 0 spiro atoms. The van der Waals surface area contributed by atoms with Crippen molar-refractivity contribution in [2.75, 3.05) is 0 Å². The number of aromatic nitrogens is 3. The highest BCUT2D eigenvalue weighted by molar-refractivity contribution is 7.17. The van der Waals surface area contributed by atoms with Crippen LogP contribution in [0.5, 0.6) is 5.75 Å². The van der Waals surface area contributed by atoms with Gasteiger partial charge in [0.2, 0.25) is 0 Å². The Hall–Kier alpha value is -2.87. The second-order valence-electron chi connectivity index (χ2n) is 7.74. The zero-order valence-corrected chi connectivity index (χ0v) is 20.5. The molecule has 170 valence electrons. The van der Waals surface area contributed by atoms with Gasteiger partial charge in [-0.15, -0.1) is 11.3 Å². The fourth-order valence-electron chi connectivity index (χ4n) is 3.46. The van der Waals surface area contributed by atoms with Crippen LogP contribution < -0.4 is 4.74 Å². The number of rotatable bonds is 7. The highest BCUT2D eigenvalue weighted by atomic mass is 35.5. The molecule has 0 saturated heterocycles. The van der Waals surface area contributed by atoms with Gasteiger partial charge in [0.15, 0.2) is 0 Å². The molecule has 6 nitrogen and oxygen atoms in total. The molecule has 4 rings (SSSR count). The zero-order chi connectivity index (χ0) is 23.7. The van der Waals surface area contributed by atoms with Gasteiger partial charge in [-0.3, -0.25) is 0 Å². The third-order valence-corrected chi connectivity index (χ3v) is 6.94. The van der Waals surface area contributed by atoms with Crippen LogP contribution in [0, 0.1) is 6.92 Å². The van der Waals surface area contributed by atoms with E-state index in [0.717, 1.165) is 28.2 Å². The van der Waals surface area contributed by atoms with Crippen molar-refractivity contribution in [2.45, 2.75) is 33.3 Å². The normalized spacial score (nSPS) is 11.2. The lowest BCUT2D eigenvalue weighted by atomic mass is 10.0. The van der Waals surface area contributed by atoms with E-state index in [4.69, 9.17) is 27.9 Å². The number of carboxylic acids is 1. The minimum atomic E-state index is -0.965. The average Bonchev–Trinajstić information content (AvgIpc) is 3.36. The van der Waals surface area contributed by atoms with Gasteiger partial charge in [-0.1, -0.05) is 43.1 Å². The highest BCUT2D eigenvalue weighted by Crippen LogP contribution is 2.33. The van der Waals surface area contributed by atoms with E-state index >= 15 is 0 Å². The Morgan fingerprint density at radius 2 is 1.82 bits per heavy atom. The van der Waals surface area contributed by atoms with E-state index in [1.54, 1.807) is 29.8 Å². The minimum absolute atomic E-state index is 0.234. The zero-order valence-electron chi connectivity index (χ0n) is 18.2. The number of halogens is 2. The molecule has 0 fully saturated rings. The fraction of sp³-hybridized carbons (Fsp3) is 0.208. The number of para-hydroxylation sites is 1. The first kappa shape index (κ1) is 23.3. The molecule has 0 saturated carbocycles. The van der Waals surface area contributed by atoms with Crippen LogP contribution >= 0.6 is 34.5 Å². The van der Waals surface area contributed by atoms with Crippen LogP contribution in [0.2, 0.25) is 10.0 Å².